The second-order valence-corrected chi connectivity index (χ2v) is 4.91. The number of esters is 1. The summed E-state index contributed by atoms with van der Waals surface area (Å²) in [6, 6.07) is 7.55. The standard InChI is InChI=1S/C15H22N2O2/c1-19-15(18)14-6-4-13(5-7-14)12-16-8-11-17-9-2-3-10-17/h4-7,16H,2-3,8-12H2,1H3. The molecule has 4 heteroatoms. The normalized spacial score (nSPS) is 15.6. The van der Waals surface area contributed by atoms with Gasteiger partial charge in [-0.05, 0) is 43.6 Å². The molecule has 0 amide bonds. The fourth-order valence-electron chi connectivity index (χ4n) is 2.35. The number of carbonyl (C=O) groups is 1. The van der Waals surface area contributed by atoms with Crippen molar-refractivity contribution in [1.29, 1.82) is 0 Å². The van der Waals surface area contributed by atoms with Crippen molar-refractivity contribution in [2.24, 2.45) is 0 Å². The molecule has 1 aliphatic heterocycles. The van der Waals surface area contributed by atoms with Gasteiger partial charge in [-0.2, -0.15) is 0 Å². The highest BCUT2D eigenvalue weighted by Crippen LogP contribution is 2.07. The van der Waals surface area contributed by atoms with E-state index in [1.807, 2.05) is 24.3 Å². The third-order valence-corrected chi connectivity index (χ3v) is 3.51. The number of likely N-dealkylation sites (tertiary alicyclic amines) is 1. The first-order valence-electron chi connectivity index (χ1n) is 6.90. The van der Waals surface area contributed by atoms with Crippen LogP contribution in [0.5, 0.6) is 0 Å². The Kier molecular flexibility index (Phi) is 5.36. The zero-order valence-corrected chi connectivity index (χ0v) is 11.5. The number of ether oxygens (including phenoxy) is 1. The molecule has 1 heterocycles. The Morgan fingerprint density at radius 3 is 2.58 bits per heavy atom. The zero-order chi connectivity index (χ0) is 13.5. The van der Waals surface area contributed by atoms with E-state index in [2.05, 4.69) is 15.0 Å². The van der Waals surface area contributed by atoms with Crippen LogP contribution in [-0.2, 0) is 11.3 Å². The molecular formula is C15H22N2O2. The molecule has 0 saturated carbocycles. The first-order chi connectivity index (χ1) is 9.29. The van der Waals surface area contributed by atoms with E-state index < -0.39 is 0 Å². The van der Waals surface area contributed by atoms with Gasteiger partial charge in [0.15, 0.2) is 0 Å². The minimum absolute atomic E-state index is 0.284. The lowest BCUT2D eigenvalue weighted by molar-refractivity contribution is 0.0600. The maximum atomic E-state index is 11.3. The van der Waals surface area contributed by atoms with Crippen molar-refractivity contribution in [3.05, 3.63) is 35.4 Å². The lowest BCUT2D eigenvalue weighted by Crippen LogP contribution is -2.29. The van der Waals surface area contributed by atoms with Crippen LogP contribution in [0.25, 0.3) is 0 Å². The molecule has 1 aliphatic rings. The van der Waals surface area contributed by atoms with Gasteiger partial charge in [-0.25, -0.2) is 4.79 Å². The van der Waals surface area contributed by atoms with Gasteiger partial charge >= 0.3 is 5.97 Å². The molecule has 1 aromatic rings. The monoisotopic (exact) mass is 262 g/mol. The number of rotatable bonds is 6. The summed E-state index contributed by atoms with van der Waals surface area (Å²) in [5.41, 5.74) is 1.79. The van der Waals surface area contributed by atoms with Crippen LogP contribution in [0, 0.1) is 0 Å². The lowest BCUT2D eigenvalue weighted by atomic mass is 10.1. The molecule has 2 rings (SSSR count). The van der Waals surface area contributed by atoms with E-state index in [1.165, 1.54) is 38.6 Å². The van der Waals surface area contributed by atoms with Crippen LogP contribution in [0.15, 0.2) is 24.3 Å². The highest BCUT2D eigenvalue weighted by molar-refractivity contribution is 5.89. The van der Waals surface area contributed by atoms with Crippen LogP contribution < -0.4 is 5.32 Å². The Balaban J connectivity index is 1.69. The van der Waals surface area contributed by atoms with Crippen LogP contribution in [0.3, 0.4) is 0 Å². The molecule has 1 saturated heterocycles. The van der Waals surface area contributed by atoms with Gasteiger partial charge in [0.1, 0.15) is 0 Å². The largest absolute Gasteiger partial charge is 0.465 e. The average Bonchev–Trinajstić information content (AvgIpc) is 2.96. The number of methoxy groups -OCH3 is 1. The molecule has 4 nitrogen and oxygen atoms in total. The zero-order valence-electron chi connectivity index (χ0n) is 11.5. The van der Waals surface area contributed by atoms with Crippen LogP contribution in [0.2, 0.25) is 0 Å². The summed E-state index contributed by atoms with van der Waals surface area (Å²) in [5.74, 6) is -0.284. The average molecular weight is 262 g/mol. The SMILES string of the molecule is COC(=O)c1ccc(CNCCN2CCCC2)cc1. The molecule has 0 unspecified atom stereocenters. The first-order valence-corrected chi connectivity index (χ1v) is 6.90. The van der Waals surface area contributed by atoms with Crippen LogP contribution >= 0.6 is 0 Å². The van der Waals surface area contributed by atoms with Crippen molar-refractivity contribution in [3.63, 3.8) is 0 Å². The van der Waals surface area contributed by atoms with E-state index in [-0.39, 0.29) is 5.97 Å². The maximum Gasteiger partial charge on any atom is 0.337 e. The minimum atomic E-state index is -0.284. The third kappa shape index (κ3) is 4.33. The second kappa shape index (κ2) is 7.26. The van der Waals surface area contributed by atoms with E-state index in [4.69, 9.17) is 0 Å². The summed E-state index contributed by atoms with van der Waals surface area (Å²) >= 11 is 0. The van der Waals surface area contributed by atoms with Crippen molar-refractivity contribution in [3.8, 4) is 0 Å². The summed E-state index contributed by atoms with van der Waals surface area (Å²) in [5, 5.41) is 3.43. The molecular weight excluding hydrogens is 240 g/mol. The van der Waals surface area contributed by atoms with E-state index >= 15 is 0 Å². The number of carbonyl (C=O) groups excluding carboxylic acids is 1. The molecule has 0 aliphatic carbocycles. The smallest absolute Gasteiger partial charge is 0.337 e. The molecule has 0 radical (unpaired) electrons. The molecule has 1 N–H and O–H groups in total. The molecule has 1 aromatic carbocycles. The van der Waals surface area contributed by atoms with Gasteiger partial charge in [0.2, 0.25) is 0 Å². The molecule has 0 bridgehead atoms. The van der Waals surface area contributed by atoms with E-state index in [0.717, 1.165) is 19.6 Å². The Morgan fingerprint density at radius 1 is 1.26 bits per heavy atom. The topological polar surface area (TPSA) is 41.6 Å². The van der Waals surface area contributed by atoms with Crippen molar-refractivity contribution in [1.82, 2.24) is 10.2 Å². The van der Waals surface area contributed by atoms with Gasteiger partial charge in [-0.1, -0.05) is 12.1 Å². The van der Waals surface area contributed by atoms with Crippen LogP contribution in [0.1, 0.15) is 28.8 Å². The molecule has 104 valence electrons. The molecule has 0 aromatic heterocycles. The Hall–Kier alpha value is -1.39. The van der Waals surface area contributed by atoms with Gasteiger partial charge in [0, 0.05) is 19.6 Å². The highest BCUT2D eigenvalue weighted by atomic mass is 16.5. The first kappa shape index (κ1) is 14.0. The molecule has 19 heavy (non-hydrogen) atoms. The van der Waals surface area contributed by atoms with E-state index in [1.54, 1.807) is 0 Å². The fourth-order valence-corrected chi connectivity index (χ4v) is 2.35. The Morgan fingerprint density at radius 2 is 1.95 bits per heavy atom. The maximum absolute atomic E-state index is 11.3. The summed E-state index contributed by atoms with van der Waals surface area (Å²) in [7, 11) is 1.40. The predicted octanol–water partition coefficient (Wildman–Crippen LogP) is 1.66. The van der Waals surface area contributed by atoms with Crippen molar-refractivity contribution >= 4 is 5.97 Å². The highest BCUT2D eigenvalue weighted by Gasteiger charge is 2.10. The van der Waals surface area contributed by atoms with Gasteiger partial charge < -0.3 is 15.0 Å². The van der Waals surface area contributed by atoms with E-state index in [9.17, 15) is 4.79 Å². The van der Waals surface area contributed by atoms with Crippen molar-refractivity contribution < 1.29 is 9.53 Å². The number of nitrogens with one attached hydrogen (secondary N) is 1. The lowest BCUT2D eigenvalue weighted by Gasteiger charge is -2.14. The molecule has 0 atom stereocenters. The quantitative estimate of drug-likeness (QED) is 0.625. The van der Waals surface area contributed by atoms with Crippen LogP contribution in [-0.4, -0.2) is 44.2 Å². The predicted molar refractivity (Wildman–Crippen MR) is 75.2 cm³/mol. The third-order valence-electron chi connectivity index (χ3n) is 3.51. The number of benzene rings is 1. The van der Waals surface area contributed by atoms with Crippen molar-refractivity contribution in [2.45, 2.75) is 19.4 Å². The molecule has 0 spiro atoms. The van der Waals surface area contributed by atoms with E-state index in [0.29, 0.717) is 5.56 Å². The number of hydrogen-bond acceptors (Lipinski definition) is 4. The minimum Gasteiger partial charge on any atom is -0.465 e. The fraction of sp³-hybridized carbons (Fsp3) is 0.533. The summed E-state index contributed by atoms with van der Waals surface area (Å²) in [6.07, 6.45) is 2.68. The molecule has 1 fully saturated rings. The van der Waals surface area contributed by atoms with Crippen LogP contribution in [0.4, 0.5) is 0 Å². The van der Waals surface area contributed by atoms with Crippen molar-refractivity contribution in [2.75, 3.05) is 33.3 Å². The van der Waals surface area contributed by atoms with Gasteiger partial charge in [-0.3, -0.25) is 0 Å². The Bertz CT molecular complexity index is 397. The summed E-state index contributed by atoms with van der Waals surface area (Å²) in [6.45, 7) is 5.47. The number of hydrogen-bond donors (Lipinski definition) is 1. The van der Waals surface area contributed by atoms with Gasteiger partial charge in [0.05, 0.1) is 12.7 Å². The Labute approximate surface area is 114 Å². The second-order valence-electron chi connectivity index (χ2n) is 4.91. The van der Waals surface area contributed by atoms with Gasteiger partial charge in [0.25, 0.3) is 0 Å². The van der Waals surface area contributed by atoms with Gasteiger partial charge in [-0.15, -0.1) is 0 Å². The summed E-state index contributed by atoms with van der Waals surface area (Å²) < 4.78 is 4.67. The number of nitrogens with zero attached hydrogens (tertiary/aromatic N) is 1. The summed E-state index contributed by atoms with van der Waals surface area (Å²) in [4.78, 5) is 13.8.